The quantitative estimate of drug-likeness (QED) is 0.697. The molecule has 3 rings (SSSR count). The molecule has 0 fully saturated rings. The molecule has 0 bridgehead atoms. The fraction of sp³-hybridized carbons (Fsp3) is 0.182. The highest BCUT2D eigenvalue weighted by Crippen LogP contribution is 2.16. The van der Waals surface area contributed by atoms with Crippen LogP contribution in [0, 0.1) is 0 Å². The van der Waals surface area contributed by atoms with Crippen molar-refractivity contribution in [3.8, 4) is 0 Å². The molecule has 15 heavy (non-hydrogen) atoms. The van der Waals surface area contributed by atoms with Crippen LogP contribution in [-0.4, -0.2) is 29.4 Å². The Bertz CT molecular complexity index is 521. The largest absolute Gasteiger partial charge is 0.316 e. The summed E-state index contributed by atoms with van der Waals surface area (Å²) >= 11 is 0. The number of hydrogen-bond donors (Lipinski definition) is 0. The number of anilines is 1. The van der Waals surface area contributed by atoms with Gasteiger partial charge >= 0.3 is 0 Å². The first-order valence-corrected chi connectivity index (χ1v) is 4.92. The zero-order valence-electron chi connectivity index (χ0n) is 8.17. The van der Waals surface area contributed by atoms with Gasteiger partial charge in [-0.1, -0.05) is 0 Å². The van der Waals surface area contributed by atoms with E-state index < -0.39 is 0 Å². The van der Waals surface area contributed by atoms with Crippen molar-refractivity contribution in [1.29, 1.82) is 0 Å². The Morgan fingerprint density at radius 1 is 1.20 bits per heavy atom. The second-order valence-corrected chi connectivity index (χ2v) is 3.43. The van der Waals surface area contributed by atoms with Gasteiger partial charge < -0.3 is 4.90 Å². The van der Waals surface area contributed by atoms with Crippen molar-refractivity contribution in [3.63, 3.8) is 0 Å². The molecule has 1 aliphatic rings. The number of aromatic nitrogens is 2. The molecule has 0 saturated heterocycles. The third kappa shape index (κ3) is 1.44. The molecule has 3 heterocycles. The smallest absolute Gasteiger partial charge is 0.161 e. The number of nitrogens with zero attached hydrogens (tertiary/aromatic N) is 4. The Labute approximate surface area is 87.3 Å². The van der Waals surface area contributed by atoms with Crippen molar-refractivity contribution < 1.29 is 0 Å². The molecule has 2 aromatic heterocycles. The topological polar surface area (TPSA) is 41.4 Å². The Morgan fingerprint density at radius 2 is 2.20 bits per heavy atom. The Hall–Kier alpha value is -1.97. The van der Waals surface area contributed by atoms with Crippen LogP contribution < -0.4 is 4.90 Å². The van der Waals surface area contributed by atoms with E-state index >= 15 is 0 Å². The summed E-state index contributed by atoms with van der Waals surface area (Å²) in [5, 5.41) is 1.07. The summed E-state index contributed by atoms with van der Waals surface area (Å²) in [4.78, 5) is 14.9. The first-order chi connectivity index (χ1) is 7.43. The Kier molecular flexibility index (Phi) is 1.84. The molecule has 2 aromatic rings. The standard InChI is InChI=1S/C11H10N4/c1-2-9-3-4-10(14-11(9)13-5-1)15-7-6-12-8-15/h1-5,8H,6-7H2. The van der Waals surface area contributed by atoms with Crippen LogP contribution in [-0.2, 0) is 0 Å². The molecule has 0 N–H and O–H groups in total. The van der Waals surface area contributed by atoms with E-state index in [1.54, 1.807) is 6.20 Å². The molecule has 0 atom stereocenters. The van der Waals surface area contributed by atoms with Crippen molar-refractivity contribution in [2.24, 2.45) is 4.99 Å². The number of fused-ring (bicyclic) bond motifs is 1. The maximum atomic E-state index is 4.48. The van der Waals surface area contributed by atoms with Gasteiger partial charge in [-0.3, -0.25) is 4.99 Å². The zero-order chi connectivity index (χ0) is 10.1. The van der Waals surface area contributed by atoms with E-state index in [0.717, 1.165) is 29.9 Å². The van der Waals surface area contributed by atoms with E-state index in [9.17, 15) is 0 Å². The van der Waals surface area contributed by atoms with E-state index in [0.29, 0.717) is 0 Å². The van der Waals surface area contributed by atoms with Gasteiger partial charge in [0.05, 0.1) is 12.9 Å². The van der Waals surface area contributed by atoms with E-state index in [1.165, 1.54) is 0 Å². The highest BCUT2D eigenvalue weighted by Gasteiger charge is 2.09. The fourth-order valence-electron chi connectivity index (χ4n) is 1.66. The van der Waals surface area contributed by atoms with Gasteiger partial charge in [0, 0.05) is 18.1 Å². The van der Waals surface area contributed by atoms with Crippen LogP contribution in [0.25, 0.3) is 11.0 Å². The molecule has 0 unspecified atom stereocenters. The van der Waals surface area contributed by atoms with Crippen LogP contribution >= 0.6 is 0 Å². The fourth-order valence-corrected chi connectivity index (χ4v) is 1.66. The molecule has 0 aromatic carbocycles. The monoisotopic (exact) mass is 198 g/mol. The lowest BCUT2D eigenvalue weighted by atomic mass is 10.3. The third-order valence-corrected chi connectivity index (χ3v) is 2.43. The molecule has 0 saturated carbocycles. The summed E-state index contributed by atoms with van der Waals surface area (Å²) in [5.41, 5.74) is 0.787. The van der Waals surface area contributed by atoms with Gasteiger partial charge in [0.15, 0.2) is 5.65 Å². The molecule has 0 spiro atoms. The lowest BCUT2D eigenvalue weighted by molar-refractivity contribution is 1.00. The van der Waals surface area contributed by atoms with Crippen LogP contribution in [0.2, 0.25) is 0 Å². The summed E-state index contributed by atoms with van der Waals surface area (Å²) in [5.74, 6) is 0.919. The van der Waals surface area contributed by atoms with Gasteiger partial charge in [0.2, 0.25) is 0 Å². The second kappa shape index (κ2) is 3.31. The van der Waals surface area contributed by atoms with Crippen molar-refractivity contribution in [2.45, 2.75) is 0 Å². The normalized spacial score (nSPS) is 15.1. The summed E-state index contributed by atoms with van der Waals surface area (Å²) in [7, 11) is 0. The van der Waals surface area contributed by atoms with E-state index in [1.807, 2.05) is 35.5 Å². The van der Waals surface area contributed by atoms with Crippen LogP contribution in [0.4, 0.5) is 5.82 Å². The highest BCUT2D eigenvalue weighted by atomic mass is 15.2. The average molecular weight is 198 g/mol. The van der Waals surface area contributed by atoms with E-state index in [4.69, 9.17) is 0 Å². The third-order valence-electron chi connectivity index (χ3n) is 2.43. The molecular formula is C11H10N4. The number of aliphatic imine (C=N–C) groups is 1. The van der Waals surface area contributed by atoms with Crippen molar-refractivity contribution >= 4 is 23.2 Å². The highest BCUT2D eigenvalue weighted by molar-refractivity contribution is 5.83. The summed E-state index contributed by atoms with van der Waals surface area (Å²) in [6, 6.07) is 7.97. The zero-order valence-corrected chi connectivity index (χ0v) is 8.17. The van der Waals surface area contributed by atoms with Gasteiger partial charge in [0.25, 0.3) is 0 Å². The minimum absolute atomic E-state index is 0.787. The van der Waals surface area contributed by atoms with Gasteiger partial charge in [-0.15, -0.1) is 0 Å². The summed E-state index contributed by atoms with van der Waals surface area (Å²) < 4.78 is 0. The second-order valence-electron chi connectivity index (χ2n) is 3.43. The van der Waals surface area contributed by atoms with Gasteiger partial charge in [-0.25, -0.2) is 9.97 Å². The van der Waals surface area contributed by atoms with E-state index in [-0.39, 0.29) is 0 Å². The Balaban J connectivity index is 2.09. The number of hydrogen-bond acceptors (Lipinski definition) is 4. The van der Waals surface area contributed by atoms with Crippen LogP contribution in [0.15, 0.2) is 35.5 Å². The molecular weight excluding hydrogens is 188 g/mol. The number of rotatable bonds is 1. The van der Waals surface area contributed by atoms with E-state index in [2.05, 4.69) is 15.0 Å². The molecule has 4 heteroatoms. The molecule has 0 aliphatic carbocycles. The van der Waals surface area contributed by atoms with Gasteiger partial charge in [-0.05, 0) is 24.3 Å². The predicted octanol–water partition coefficient (Wildman–Crippen LogP) is 1.48. The lowest BCUT2D eigenvalue weighted by Crippen LogP contribution is -2.19. The number of pyridine rings is 2. The average Bonchev–Trinajstić information content (AvgIpc) is 2.82. The predicted molar refractivity (Wildman–Crippen MR) is 60.2 cm³/mol. The molecule has 0 amide bonds. The van der Waals surface area contributed by atoms with Gasteiger partial charge in [-0.2, -0.15) is 0 Å². The molecule has 4 nitrogen and oxygen atoms in total. The SMILES string of the molecule is C1=NCCN1c1ccc2cccnc2n1. The summed E-state index contributed by atoms with van der Waals surface area (Å²) in [6.45, 7) is 1.76. The first kappa shape index (κ1) is 8.35. The van der Waals surface area contributed by atoms with Crippen molar-refractivity contribution in [2.75, 3.05) is 18.0 Å². The lowest BCUT2D eigenvalue weighted by Gasteiger charge is -2.12. The maximum Gasteiger partial charge on any atom is 0.161 e. The van der Waals surface area contributed by atoms with Crippen LogP contribution in [0.1, 0.15) is 0 Å². The summed E-state index contributed by atoms with van der Waals surface area (Å²) in [6.07, 6.45) is 3.59. The maximum absolute atomic E-state index is 4.48. The van der Waals surface area contributed by atoms with Gasteiger partial charge in [0.1, 0.15) is 5.82 Å². The minimum Gasteiger partial charge on any atom is -0.316 e. The van der Waals surface area contributed by atoms with Crippen LogP contribution in [0.3, 0.4) is 0 Å². The van der Waals surface area contributed by atoms with Crippen LogP contribution in [0.5, 0.6) is 0 Å². The Morgan fingerprint density at radius 3 is 3.07 bits per heavy atom. The molecule has 1 aliphatic heterocycles. The molecule has 0 radical (unpaired) electrons. The van der Waals surface area contributed by atoms with Crippen molar-refractivity contribution in [1.82, 2.24) is 9.97 Å². The first-order valence-electron chi connectivity index (χ1n) is 4.92. The van der Waals surface area contributed by atoms with Crippen molar-refractivity contribution in [3.05, 3.63) is 30.5 Å². The molecule has 74 valence electrons. The minimum atomic E-state index is 0.787.